The number of benzene rings is 1. The number of hydrogen-bond donors (Lipinski definition) is 2. The molecule has 1 unspecified atom stereocenters. The summed E-state index contributed by atoms with van der Waals surface area (Å²) in [5, 5.41) is 11.7. The van der Waals surface area contributed by atoms with Gasteiger partial charge in [0.25, 0.3) is 5.91 Å². The molecule has 1 aliphatic carbocycles. The second kappa shape index (κ2) is 7.21. The highest BCUT2D eigenvalue weighted by Gasteiger charge is 2.40. The minimum Gasteiger partial charge on any atom is -0.482 e. The number of carboxylic acids is 1. The molecule has 0 aromatic heterocycles. The van der Waals surface area contributed by atoms with Gasteiger partial charge in [0.2, 0.25) is 0 Å². The highest BCUT2D eigenvalue weighted by molar-refractivity contribution is 5.94. The first-order valence-corrected chi connectivity index (χ1v) is 8.46. The van der Waals surface area contributed by atoms with Crippen LogP contribution in [0.15, 0.2) is 24.3 Å². The third kappa shape index (κ3) is 4.06. The van der Waals surface area contributed by atoms with Gasteiger partial charge in [0.15, 0.2) is 6.61 Å². The summed E-state index contributed by atoms with van der Waals surface area (Å²) in [6.07, 6.45) is 6.25. The third-order valence-electron chi connectivity index (χ3n) is 4.80. The SMILES string of the molecule is O=C(O)COc1cccc(C(=O)NC2CCOC3(CCCC3)C2)c1. The lowest BCUT2D eigenvalue weighted by Gasteiger charge is -2.38. The molecule has 6 nitrogen and oxygen atoms in total. The number of amides is 1. The second-order valence-electron chi connectivity index (χ2n) is 6.61. The van der Waals surface area contributed by atoms with E-state index in [0.29, 0.717) is 17.9 Å². The standard InChI is InChI=1S/C18H23NO5/c20-16(21)12-23-15-5-3-4-13(10-15)17(22)19-14-6-9-24-18(11-14)7-1-2-8-18/h3-5,10,14H,1-2,6-9,11-12H2,(H,19,22)(H,20,21). The summed E-state index contributed by atoms with van der Waals surface area (Å²) in [6.45, 7) is 0.264. The monoisotopic (exact) mass is 333 g/mol. The minimum absolute atomic E-state index is 0.0390. The lowest BCUT2D eigenvalue weighted by atomic mass is 9.89. The maximum Gasteiger partial charge on any atom is 0.341 e. The summed E-state index contributed by atoms with van der Waals surface area (Å²) in [6, 6.07) is 6.72. The predicted octanol–water partition coefficient (Wildman–Crippen LogP) is 2.37. The third-order valence-corrected chi connectivity index (χ3v) is 4.80. The van der Waals surface area contributed by atoms with Crippen LogP contribution in [0.2, 0.25) is 0 Å². The number of hydrogen-bond acceptors (Lipinski definition) is 4. The van der Waals surface area contributed by atoms with Crippen molar-refractivity contribution in [3.05, 3.63) is 29.8 Å². The van der Waals surface area contributed by atoms with E-state index >= 15 is 0 Å². The molecule has 0 bridgehead atoms. The van der Waals surface area contributed by atoms with Gasteiger partial charge in [0, 0.05) is 18.2 Å². The molecular formula is C18H23NO5. The number of ether oxygens (including phenoxy) is 2. The Morgan fingerprint density at radius 3 is 2.88 bits per heavy atom. The quantitative estimate of drug-likeness (QED) is 0.864. The van der Waals surface area contributed by atoms with E-state index in [0.717, 1.165) is 25.7 Å². The Bertz CT molecular complexity index is 609. The van der Waals surface area contributed by atoms with Crippen molar-refractivity contribution in [1.82, 2.24) is 5.32 Å². The fraction of sp³-hybridized carbons (Fsp3) is 0.556. The van der Waals surface area contributed by atoms with Gasteiger partial charge >= 0.3 is 5.97 Å². The molecule has 1 spiro atoms. The Morgan fingerprint density at radius 1 is 1.33 bits per heavy atom. The van der Waals surface area contributed by atoms with Crippen LogP contribution in [0.5, 0.6) is 5.75 Å². The zero-order valence-electron chi connectivity index (χ0n) is 13.6. The van der Waals surface area contributed by atoms with Crippen LogP contribution >= 0.6 is 0 Å². The summed E-state index contributed by atoms with van der Waals surface area (Å²) in [5.41, 5.74) is 0.438. The van der Waals surface area contributed by atoms with E-state index in [1.807, 2.05) is 0 Å². The van der Waals surface area contributed by atoms with Gasteiger partial charge in [0.05, 0.1) is 5.60 Å². The average Bonchev–Trinajstić information content (AvgIpc) is 3.01. The number of nitrogens with one attached hydrogen (secondary N) is 1. The molecule has 2 fully saturated rings. The van der Waals surface area contributed by atoms with Gasteiger partial charge < -0.3 is 19.9 Å². The molecule has 1 aliphatic heterocycles. The molecule has 6 heteroatoms. The van der Waals surface area contributed by atoms with Crippen molar-refractivity contribution in [1.29, 1.82) is 0 Å². The van der Waals surface area contributed by atoms with Crippen molar-refractivity contribution in [3.8, 4) is 5.75 Å². The average molecular weight is 333 g/mol. The highest BCUT2D eigenvalue weighted by atomic mass is 16.5. The van der Waals surface area contributed by atoms with Crippen LogP contribution in [0.4, 0.5) is 0 Å². The van der Waals surface area contributed by atoms with Crippen molar-refractivity contribution in [3.63, 3.8) is 0 Å². The van der Waals surface area contributed by atoms with Crippen LogP contribution in [0, 0.1) is 0 Å². The van der Waals surface area contributed by atoms with E-state index in [4.69, 9.17) is 14.6 Å². The minimum atomic E-state index is -1.05. The predicted molar refractivity (Wildman–Crippen MR) is 87.2 cm³/mol. The zero-order valence-corrected chi connectivity index (χ0v) is 13.6. The van der Waals surface area contributed by atoms with Crippen LogP contribution in [-0.2, 0) is 9.53 Å². The molecule has 1 saturated carbocycles. The van der Waals surface area contributed by atoms with Crippen molar-refractivity contribution >= 4 is 11.9 Å². The lowest BCUT2D eigenvalue weighted by molar-refractivity contribution is -0.139. The van der Waals surface area contributed by atoms with E-state index < -0.39 is 12.6 Å². The maximum atomic E-state index is 12.5. The Morgan fingerprint density at radius 2 is 2.12 bits per heavy atom. The van der Waals surface area contributed by atoms with Crippen LogP contribution in [-0.4, -0.2) is 41.8 Å². The first kappa shape index (κ1) is 16.8. The zero-order chi connectivity index (χ0) is 17.0. The van der Waals surface area contributed by atoms with Crippen LogP contribution in [0.1, 0.15) is 48.9 Å². The molecule has 1 aromatic carbocycles. The molecule has 1 heterocycles. The summed E-state index contributed by atoms with van der Waals surface area (Å²) in [7, 11) is 0. The maximum absolute atomic E-state index is 12.5. The van der Waals surface area contributed by atoms with Gasteiger partial charge in [-0.15, -0.1) is 0 Å². The number of aliphatic carboxylic acids is 1. The van der Waals surface area contributed by atoms with Crippen LogP contribution in [0.25, 0.3) is 0 Å². The van der Waals surface area contributed by atoms with E-state index in [-0.39, 0.29) is 17.6 Å². The molecule has 3 rings (SSSR count). The fourth-order valence-electron chi connectivity index (χ4n) is 3.66. The number of carbonyl (C=O) groups excluding carboxylic acids is 1. The van der Waals surface area contributed by atoms with Crippen LogP contribution < -0.4 is 10.1 Å². The van der Waals surface area contributed by atoms with Gasteiger partial charge in [-0.05, 0) is 43.9 Å². The molecule has 1 amide bonds. The first-order valence-electron chi connectivity index (χ1n) is 8.46. The smallest absolute Gasteiger partial charge is 0.341 e. The van der Waals surface area contributed by atoms with Crippen molar-refractivity contribution < 1.29 is 24.2 Å². The summed E-state index contributed by atoms with van der Waals surface area (Å²) < 4.78 is 11.1. The Kier molecular flexibility index (Phi) is 5.04. The van der Waals surface area contributed by atoms with E-state index in [1.54, 1.807) is 24.3 Å². The lowest BCUT2D eigenvalue weighted by Crippen LogP contribution is -2.47. The Balaban J connectivity index is 1.60. The van der Waals surface area contributed by atoms with Crippen LogP contribution in [0.3, 0.4) is 0 Å². The summed E-state index contributed by atoms with van der Waals surface area (Å²) in [4.78, 5) is 23.0. The van der Waals surface area contributed by atoms with Gasteiger partial charge in [-0.1, -0.05) is 18.9 Å². The Labute approximate surface area is 141 Å². The van der Waals surface area contributed by atoms with E-state index in [1.165, 1.54) is 12.8 Å². The number of carboxylic acid groups (broad SMARTS) is 1. The number of rotatable bonds is 5. The van der Waals surface area contributed by atoms with Crippen molar-refractivity contribution in [2.75, 3.05) is 13.2 Å². The molecule has 130 valence electrons. The molecule has 1 atom stereocenters. The molecule has 0 radical (unpaired) electrons. The fourth-order valence-corrected chi connectivity index (χ4v) is 3.66. The highest BCUT2D eigenvalue weighted by Crippen LogP contribution is 2.40. The molecule has 2 N–H and O–H groups in total. The Hall–Kier alpha value is -2.08. The largest absolute Gasteiger partial charge is 0.482 e. The van der Waals surface area contributed by atoms with Crippen molar-refractivity contribution in [2.24, 2.45) is 0 Å². The number of carbonyl (C=O) groups is 2. The first-order chi connectivity index (χ1) is 11.6. The van der Waals surface area contributed by atoms with Gasteiger partial charge in [0.1, 0.15) is 5.75 Å². The van der Waals surface area contributed by atoms with Gasteiger partial charge in [-0.3, -0.25) is 4.79 Å². The summed E-state index contributed by atoms with van der Waals surface area (Å²) >= 11 is 0. The van der Waals surface area contributed by atoms with E-state index in [2.05, 4.69) is 5.32 Å². The molecule has 1 aromatic rings. The van der Waals surface area contributed by atoms with E-state index in [9.17, 15) is 9.59 Å². The van der Waals surface area contributed by atoms with Gasteiger partial charge in [-0.2, -0.15) is 0 Å². The topological polar surface area (TPSA) is 84.9 Å². The molecular weight excluding hydrogens is 310 g/mol. The molecule has 24 heavy (non-hydrogen) atoms. The molecule has 1 saturated heterocycles. The van der Waals surface area contributed by atoms with Crippen molar-refractivity contribution in [2.45, 2.75) is 50.2 Å². The second-order valence-corrected chi connectivity index (χ2v) is 6.61. The summed E-state index contributed by atoms with van der Waals surface area (Å²) in [5.74, 6) is -0.825. The molecule has 2 aliphatic rings. The normalized spacial score (nSPS) is 22.2. The van der Waals surface area contributed by atoms with Gasteiger partial charge in [-0.25, -0.2) is 4.79 Å².